The van der Waals surface area contributed by atoms with Crippen LogP contribution in [0.1, 0.15) is 12.5 Å². The van der Waals surface area contributed by atoms with Gasteiger partial charge >= 0.3 is 0 Å². The van der Waals surface area contributed by atoms with Crippen molar-refractivity contribution in [2.24, 2.45) is 0 Å². The van der Waals surface area contributed by atoms with Gasteiger partial charge in [0.1, 0.15) is 0 Å². The Morgan fingerprint density at radius 2 is 1.90 bits per heavy atom. The molecular formula is C15H25N3O2. The quantitative estimate of drug-likeness (QED) is 0.850. The lowest BCUT2D eigenvalue weighted by Gasteiger charge is -2.32. The Labute approximate surface area is 121 Å². The fourth-order valence-corrected chi connectivity index (χ4v) is 2.27. The van der Waals surface area contributed by atoms with E-state index in [0.717, 1.165) is 44.2 Å². The minimum absolute atomic E-state index is 0.645. The Morgan fingerprint density at radius 1 is 1.15 bits per heavy atom. The normalized spacial score (nSPS) is 17.1. The summed E-state index contributed by atoms with van der Waals surface area (Å²) in [6.07, 6.45) is 0. The molecule has 1 aliphatic heterocycles. The van der Waals surface area contributed by atoms with Gasteiger partial charge in [0.2, 0.25) is 0 Å². The Bertz CT molecular complexity index is 418. The third kappa shape index (κ3) is 4.10. The van der Waals surface area contributed by atoms with Gasteiger partial charge in [0.15, 0.2) is 11.5 Å². The maximum Gasteiger partial charge on any atom is 0.161 e. The number of benzene rings is 1. The van der Waals surface area contributed by atoms with Crippen LogP contribution in [-0.2, 0) is 6.54 Å². The van der Waals surface area contributed by atoms with Crippen molar-refractivity contribution in [3.05, 3.63) is 23.8 Å². The van der Waals surface area contributed by atoms with E-state index in [0.29, 0.717) is 6.61 Å². The largest absolute Gasteiger partial charge is 0.493 e. The number of rotatable bonds is 6. The van der Waals surface area contributed by atoms with E-state index in [1.165, 1.54) is 5.56 Å². The molecule has 1 aromatic rings. The zero-order valence-corrected chi connectivity index (χ0v) is 12.7. The van der Waals surface area contributed by atoms with Crippen molar-refractivity contribution < 1.29 is 9.47 Å². The van der Waals surface area contributed by atoms with Crippen molar-refractivity contribution in [3.8, 4) is 11.5 Å². The average Bonchev–Trinajstić information content (AvgIpc) is 2.47. The van der Waals surface area contributed by atoms with E-state index in [1.54, 1.807) is 7.11 Å². The minimum atomic E-state index is 0.645. The van der Waals surface area contributed by atoms with Crippen LogP contribution in [0.3, 0.4) is 0 Å². The topological polar surface area (TPSA) is 37.0 Å². The smallest absolute Gasteiger partial charge is 0.161 e. The number of likely N-dealkylation sites (N-methyl/N-ethyl adjacent to an activating group) is 1. The molecule has 1 saturated heterocycles. The SMILES string of the molecule is CCOc1cc(CNN2CCN(C)CC2)ccc1OC. The maximum atomic E-state index is 5.60. The number of hydrogen-bond donors (Lipinski definition) is 1. The van der Waals surface area contributed by atoms with Crippen molar-refractivity contribution >= 4 is 0 Å². The van der Waals surface area contributed by atoms with Crippen LogP contribution >= 0.6 is 0 Å². The summed E-state index contributed by atoms with van der Waals surface area (Å²) in [5, 5.41) is 2.28. The van der Waals surface area contributed by atoms with Crippen LogP contribution in [0.4, 0.5) is 0 Å². The predicted octanol–water partition coefficient (Wildman–Crippen LogP) is 1.35. The molecule has 5 nitrogen and oxygen atoms in total. The summed E-state index contributed by atoms with van der Waals surface area (Å²) in [7, 11) is 3.83. The molecule has 0 spiro atoms. The van der Waals surface area contributed by atoms with E-state index >= 15 is 0 Å². The summed E-state index contributed by atoms with van der Waals surface area (Å²) in [4.78, 5) is 2.35. The van der Waals surface area contributed by atoms with Crippen LogP contribution in [0.15, 0.2) is 18.2 Å². The van der Waals surface area contributed by atoms with Gasteiger partial charge in [-0.05, 0) is 31.7 Å². The molecule has 0 amide bonds. The van der Waals surface area contributed by atoms with Crippen LogP contribution < -0.4 is 14.9 Å². The lowest BCUT2D eigenvalue weighted by Crippen LogP contribution is -2.50. The van der Waals surface area contributed by atoms with Gasteiger partial charge < -0.3 is 14.4 Å². The number of methoxy groups -OCH3 is 1. The van der Waals surface area contributed by atoms with Gasteiger partial charge in [-0.15, -0.1) is 0 Å². The first-order chi connectivity index (χ1) is 9.72. The van der Waals surface area contributed by atoms with Gasteiger partial charge in [0.25, 0.3) is 0 Å². The molecule has 0 bridgehead atoms. The molecule has 0 saturated carbocycles. The monoisotopic (exact) mass is 279 g/mol. The fraction of sp³-hybridized carbons (Fsp3) is 0.600. The molecule has 1 aromatic carbocycles. The van der Waals surface area contributed by atoms with Gasteiger partial charge in [-0.25, -0.2) is 5.01 Å². The molecule has 0 aliphatic carbocycles. The number of nitrogens with zero attached hydrogens (tertiary/aromatic N) is 2. The van der Waals surface area contributed by atoms with Crippen molar-refractivity contribution in [2.45, 2.75) is 13.5 Å². The van der Waals surface area contributed by atoms with Crippen molar-refractivity contribution in [2.75, 3.05) is 46.9 Å². The minimum Gasteiger partial charge on any atom is -0.493 e. The molecule has 0 unspecified atom stereocenters. The van der Waals surface area contributed by atoms with E-state index in [2.05, 4.69) is 28.4 Å². The highest BCUT2D eigenvalue weighted by Crippen LogP contribution is 2.27. The standard InChI is InChI=1S/C15H25N3O2/c1-4-20-15-11-13(5-6-14(15)19-3)12-16-18-9-7-17(2)8-10-18/h5-6,11,16H,4,7-10,12H2,1-3H3. The highest BCUT2D eigenvalue weighted by Gasteiger charge is 2.13. The molecule has 0 aromatic heterocycles. The molecule has 1 aliphatic rings. The molecule has 1 fully saturated rings. The second-order valence-electron chi connectivity index (χ2n) is 5.04. The van der Waals surface area contributed by atoms with Crippen LogP contribution in [-0.4, -0.2) is 56.9 Å². The Morgan fingerprint density at radius 3 is 2.55 bits per heavy atom. The second kappa shape index (κ2) is 7.47. The van der Waals surface area contributed by atoms with Crippen molar-refractivity contribution in [1.82, 2.24) is 15.3 Å². The summed E-state index contributed by atoms with van der Waals surface area (Å²) in [5.41, 5.74) is 4.68. The third-order valence-corrected chi connectivity index (χ3v) is 3.54. The van der Waals surface area contributed by atoms with Crippen LogP contribution in [0.25, 0.3) is 0 Å². The summed E-state index contributed by atoms with van der Waals surface area (Å²) in [6, 6.07) is 6.09. The van der Waals surface area contributed by atoms with E-state index in [9.17, 15) is 0 Å². The lowest BCUT2D eigenvalue weighted by atomic mass is 10.2. The number of hydrogen-bond acceptors (Lipinski definition) is 5. The fourth-order valence-electron chi connectivity index (χ4n) is 2.27. The molecule has 112 valence electrons. The number of hydrazine groups is 1. The van der Waals surface area contributed by atoms with Gasteiger partial charge in [0.05, 0.1) is 13.7 Å². The van der Waals surface area contributed by atoms with Crippen LogP contribution in [0, 0.1) is 0 Å². The van der Waals surface area contributed by atoms with Crippen molar-refractivity contribution in [3.63, 3.8) is 0 Å². The molecule has 0 radical (unpaired) electrons. The number of ether oxygens (including phenoxy) is 2. The van der Waals surface area contributed by atoms with Gasteiger partial charge in [0, 0.05) is 32.7 Å². The van der Waals surface area contributed by atoms with E-state index < -0.39 is 0 Å². The molecule has 0 atom stereocenters. The molecule has 5 heteroatoms. The predicted molar refractivity (Wildman–Crippen MR) is 80.1 cm³/mol. The van der Waals surface area contributed by atoms with E-state index in [1.807, 2.05) is 19.1 Å². The first-order valence-corrected chi connectivity index (χ1v) is 7.19. The summed E-state index contributed by atoms with van der Waals surface area (Å²) < 4.78 is 10.9. The summed E-state index contributed by atoms with van der Waals surface area (Å²) >= 11 is 0. The molecular weight excluding hydrogens is 254 g/mol. The van der Waals surface area contributed by atoms with E-state index in [4.69, 9.17) is 9.47 Å². The zero-order chi connectivity index (χ0) is 14.4. The second-order valence-corrected chi connectivity index (χ2v) is 5.04. The van der Waals surface area contributed by atoms with Gasteiger partial charge in [-0.1, -0.05) is 6.07 Å². The maximum absolute atomic E-state index is 5.60. The Balaban J connectivity index is 1.90. The van der Waals surface area contributed by atoms with Gasteiger partial charge in [-0.2, -0.15) is 0 Å². The summed E-state index contributed by atoms with van der Waals surface area (Å²) in [5.74, 6) is 1.60. The third-order valence-electron chi connectivity index (χ3n) is 3.54. The summed E-state index contributed by atoms with van der Waals surface area (Å²) in [6.45, 7) is 7.78. The van der Waals surface area contributed by atoms with Crippen LogP contribution in [0.2, 0.25) is 0 Å². The molecule has 2 rings (SSSR count). The Kier molecular flexibility index (Phi) is 5.64. The first-order valence-electron chi connectivity index (χ1n) is 7.19. The molecule has 20 heavy (non-hydrogen) atoms. The first kappa shape index (κ1) is 15.1. The average molecular weight is 279 g/mol. The zero-order valence-electron chi connectivity index (χ0n) is 12.7. The van der Waals surface area contributed by atoms with Crippen LogP contribution in [0.5, 0.6) is 11.5 Å². The lowest BCUT2D eigenvalue weighted by molar-refractivity contribution is 0.102. The number of piperazine rings is 1. The highest BCUT2D eigenvalue weighted by molar-refractivity contribution is 5.42. The van der Waals surface area contributed by atoms with Crippen molar-refractivity contribution in [1.29, 1.82) is 0 Å². The van der Waals surface area contributed by atoms with E-state index in [-0.39, 0.29) is 0 Å². The Hall–Kier alpha value is -1.30. The molecule has 1 heterocycles. The highest BCUT2D eigenvalue weighted by atomic mass is 16.5. The molecule has 1 N–H and O–H groups in total. The number of nitrogens with one attached hydrogen (secondary N) is 1. The van der Waals surface area contributed by atoms with Gasteiger partial charge in [-0.3, -0.25) is 5.43 Å².